The number of unbranched alkanes of at least 4 members (excludes halogenated alkanes) is 1. The van der Waals surface area contributed by atoms with Gasteiger partial charge in [-0.05, 0) is 24.9 Å². The van der Waals surface area contributed by atoms with Gasteiger partial charge in [-0.3, -0.25) is 0 Å². The van der Waals surface area contributed by atoms with Crippen molar-refractivity contribution < 1.29 is 5.11 Å². The molecule has 5 heteroatoms. The van der Waals surface area contributed by atoms with Crippen LogP contribution in [0.25, 0.3) is 0 Å². The van der Waals surface area contributed by atoms with Gasteiger partial charge in [0, 0.05) is 24.8 Å². The van der Waals surface area contributed by atoms with Crippen LogP contribution in [0.4, 0.5) is 5.82 Å². The molecule has 0 aliphatic rings. The van der Waals surface area contributed by atoms with Gasteiger partial charge in [-0.15, -0.1) is 0 Å². The lowest BCUT2D eigenvalue weighted by Crippen LogP contribution is -2.29. The summed E-state index contributed by atoms with van der Waals surface area (Å²) in [4.78, 5) is 10.2. The Morgan fingerprint density at radius 2 is 2.19 bits per heavy atom. The highest BCUT2D eigenvalue weighted by molar-refractivity contribution is 6.28. The van der Waals surface area contributed by atoms with Gasteiger partial charge in [0.1, 0.15) is 5.82 Å². The first-order chi connectivity index (χ1) is 7.69. The molecule has 1 N–H and O–H groups in total. The SMILES string of the molecule is CCCCN(CCO)c1nc(Cl)ncc1C. The number of aliphatic hydroxyl groups excluding tert-OH is 1. The van der Waals surface area contributed by atoms with E-state index < -0.39 is 0 Å². The number of nitrogens with zero attached hydrogens (tertiary/aromatic N) is 3. The molecule has 0 saturated carbocycles. The standard InChI is InChI=1S/C11H18ClN3O/c1-3-4-5-15(6-7-16)10-9(2)8-13-11(12)14-10/h8,16H,3-7H2,1-2H3. The summed E-state index contributed by atoms with van der Waals surface area (Å²) in [5.41, 5.74) is 0.981. The van der Waals surface area contributed by atoms with Gasteiger partial charge in [0.15, 0.2) is 0 Å². The van der Waals surface area contributed by atoms with Crippen LogP contribution in [0.15, 0.2) is 6.20 Å². The summed E-state index contributed by atoms with van der Waals surface area (Å²) < 4.78 is 0. The monoisotopic (exact) mass is 243 g/mol. The molecule has 0 atom stereocenters. The lowest BCUT2D eigenvalue weighted by Gasteiger charge is -2.24. The normalized spacial score (nSPS) is 10.5. The molecule has 0 spiro atoms. The number of hydrogen-bond donors (Lipinski definition) is 1. The third-order valence-electron chi connectivity index (χ3n) is 2.37. The minimum absolute atomic E-state index is 0.116. The first kappa shape index (κ1) is 13.2. The van der Waals surface area contributed by atoms with E-state index in [9.17, 15) is 0 Å². The third-order valence-corrected chi connectivity index (χ3v) is 2.55. The molecule has 1 aromatic rings. The van der Waals surface area contributed by atoms with Gasteiger partial charge in [0.05, 0.1) is 6.61 Å². The topological polar surface area (TPSA) is 49.2 Å². The van der Waals surface area contributed by atoms with Crippen LogP contribution in [0.3, 0.4) is 0 Å². The molecule has 16 heavy (non-hydrogen) atoms. The molecule has 0 saturated heterocycles. The van der Waals surface area contributed by atoms with Crippen LogP contribution in [0, 0.1) is 6.92 Å². The van der Waals surface area contributed by atoms with Gasteiger partial charge in [-0.2, -0.15) is 0 Å². The number of aromatic nitrogens is 2. The summed E-state index contributed by atoms with van der Waals surface area (Å²) in [5, 5.41) is 9.29. The second-order valence-electron chi connectivity index (χ2n) is 3.71. The van der Waals surface area contributed by atoms with Crippen LogP contribution in [-0.2, 0) is 0 Å². The summed E-state index contributed by atoms with van der Waals surface area (Å²) in [6.45, 7) is 5.66. The Morgan fingerprint density at radius 3 is 2.81 bits per heavy atom. The summed E-state index contributed by atoms with van der Waals surface area (Å²) in [7, 11) is 0. The molecule has 4 nitrogen and oxygen atoms in total. The summed E-state index contributed by atoms with van der Waals surface area (Å²) in [5.74, 6) is 0.822. The second kappa shape index (κ2) is 6.66. The maximum absolute atomic E-state index is 9.04. The number of hydrogen-bond acceptors (Lipinski definition) is 4. The van der Waals surface area contributed by atoms with Gasteiger partial charge < -0.3 is 10.0 Å². The Kier molecular flexibility index (Phi) is 5.49. The van der Waals surface area contributed by atoms with E-state index in [0.29, 0.717) is 6.54 Å². The molecule has 90 valence electrons. The number of halogens is 1. The molecule has 1 rings (SSSR count). The van der Waals surface area contributed by atoms with Crippen LogP contribution < -0.4 is 4.90 Å². The van der Waals surface area contributed by atoms with E-state index in [0.717, 1.165) is 30.8 Å². The first-order valence-corrected chi connectivity index (χ1v) is 5.91. The number of aliphatic hydroxyl groups is 1. The van der Waals surface area contributed by atoms with E-state index in [1.807, 2.05) is 11.8 Å². The Bertz CT molecular complexity index is 333. The van der Waals surface area contributed by atoms with Gasteiger partial charge in [0.25, 0.3) is 0 Å². The predicted octanol–water partition coefficient (Wildman–Crippen LogP) is 2.04. The van der Waals surface area contributed by atoms with E-state index in [4.69, 9.17) is 16.7 Å². The molecular weight excluding hydrogens is 226 g/mol. The number of rotatable bonds is 6. The largest absolute Gasteiger partial charge is 0.395 e. The summed E-state index contributed by atoms with van der Waals surface area (Å²) in [6.07, 6.45) is 3.89. The van der Waals surface area contributed by atoms with Crippen molar-refractivity contribution in [2.45, 2.75) is 26.7 Å². The molecule has 0 radical (unpaired) electrons. The van der Waals surface area contributed by atoms with Crippen LogP contribution in [0.1, 0.15) is 25.3 Å². The van der Waals surface area contributed by atoms with E-state index in [1.165, 1.54) is 0 Å². The molecule has 0 bridgehead atoms. The second-order valence-corrected chi connectivity index (χ2v) is 4.05. The summed E-state index contributed by atoms with van der Waals surface area (Å²) in [6, 6.07) is 0. The van der Waals surface area contributed by atoms with Crippen molar-refractivity contribution in [1.82, 2.24) is 9.97 Å². The fourth-order valence-corrected chi connectivity index (χ4v) is 1.65. The van der Waals surface area contributed by atoms with Gasteiger partial charge in [0.2, 0.25) is 5.28 Å². The van der Waals surface area contributed by atoms with Gasteiger partial charge >= 0.3 is 0 Å². The van der Waals surface area contributed by atoms with Crippen molar-refractivity contribution in [3.8, 4) is 0 Å². The van der Waals surface area contributed by atoms with E-state index in [2.05, 4.69) is 16.9 Å². The maximum atomic E-state index is 9.04. The molecule has 0 amide bonds. The first-order valence-electron chi connectivity index (χ1n) is 5.54. The Morgan fingerprint density at radius 1 is 1.44 bits per heavy atom. The van der Waals surface area contributed by atoms with Crippen molar-refractivity contribution in [2.75, 3.05) is 24.6 Å². The number of anilines is 1. The zero-order chi connectivity index (χ0) is 12.0. The van der Waals surface area contributed by atoms with Crippen LogP contribution >= 0.6 is 11.6 Å². The lowest BCUT2D eigenvalue weighted by atomic mass is 10.2. The molecule has 0 unspecified atom stereocenters. The van der Waals surface area contributed by atoms with E-state index in [-0.39, 0.29) is 11.9 Å². The van der Waals surface area contributed by atoms with Crippen molar-refractivity contribution in [3.63, 3.8) is 0 Å². The Labute approximate surface area is 101 Å². The quantitative estimate of drug-likeness (QED) is 0.777. The van der Waals surface area contributed by atoms with Crippen molar-refractivity contribution in [3.05, 3.63) is 17.0 Å². The minimum atomic E-state index is 0.116. The van der Waals surface area contributed by atoms with E-state index >= 15 is 0 Å². The highest BCUT2D eigenvalue weighted by Gasteiger charge is 2.11. The van der Waals surface area contributed by atoms with Crippen molar-refractivity contribution >= 4 is 17.4 Å². The van der Waals surface area contributed by atoms with E-state index in [1.54, 1.807) is 6.20 Å². The predicted molar refractivity (Wildman–Crippen MR) is 66.0 cm³/mol. The van der Waals surface area contributed by atoms with Crippen LogP contribution in [0.5, 0.6) is 0 Å². The van der Waals surface area contributed by atoms with Crippen LogP contribution in [-0.4, -0.2) is 34.8 Å². The van der Waals surface area contributed by atoms with Crippen molar-refractivity contribution in [1.29, 1.82) is 0 Å². The van der Waals surface area contributed by atoms with Gasteiger partial charge in [-0.25, -0.2) is 9.97 Å². The highest BCUT2D eigenvalue weighted by Crippen LogP contribution is 2.18. The maximum Gasteiger partial charge on any atom is 0.224 e. The Balaban J connectivity index is 2.85. The van der Waals surface area contributed by atoms with Crippen LogP contribution in [0.2, 0.25) is 5.28 Å². The smallest absolute Gasteiger partial charge is 0.224 e. The molecular formula is C11H18ClN3O. The zero-order valence-electron chi connectivity index (χ0n) is 9.78. The fourth-order valence-electron chi connectivity index (χ4n) is 1.53. The zero-order valence-corrected chi connectivity index (χ0v) is 10.5. The molecule has 1 aromatic heterocycles. The third kappa shape index (κ3) is 3.61. The summed E-state index contributed by atoms with van der Waals surface area (Å²) >= 11 is 5.78. The molecule has 0 aliphatic carbocycles. The lowest BCUT2D eigenvalue weighted by molar-refractivity contribution is 0.301. The fraction of sp³-hybridized carbons (Fsp3) is 0.636. The average Bonchev–Trinajstić information content (AvgIpc) is 2.28. The van der Waals surface area contributed by atoms with Gasteiger partial charge in [-0.1, -0.05) is 13.3 Å². The Hall–Kier alpha value is -0.870. The molecule has 0 aliphatic heterocycles. The number of aryl methyl sites for hydroxylation is 1. The average molecular weight is 244 g/mol. The molecule has 1 heterocycles. The highest BCUT2D eigenvalue weighted by atomic mass is 35.5. The molecule has 0 fully saturated rings. The minimum Gasteiger partial charge on any atom is -0.395 e. The molecule has 0 aromatic carbocycles. The van der Waals surface area contributed by atoms with Crippen molar-refractivity contribution in [2.24, 2.45) is 0 Å².